The maximum Gasteiger partial charge on any atom is 0.0714 e. The average molecular weight is 858 g/mol. The molecule has 0 amide bonds. The van der Waals surface area contributed by atoms with E-state index in [0.717, 1.165) is 17.1 Å². The van der Waals surface area contributed by atoms with Crippen LogP contribution < -0.4 is 4.90 Å². The molecule has 1 nitrogen and oxygen atoms in total. The Morgan fingerprint density at radius 1 is 0.318 bits per heavy atom. The summed E-state index contributed by atoms with van der Waals surface area (Å²) >= 11 is 1.79. The van der Waals surface area contributed by atoms with Crippen molar-refractivity contribution in [2.24, 2.45) is 0 Å². The molecule has 0 unspecified atom stereocenters. The normalized spacial score (nSPS) is 13.7. The van der Waals surface area contributed by atoms with Crippen molar-refractivity contribution in [1.29, 1.82) is 0 Å². The van der Waals surface area contributed by atoms with Crippen LogP contribution in [-0.2, 0) is 10.8 Å². The highest BCUT2D eigenvalue weighted by molar-refractivity contribution is 7.17. The molecule has 11 aromatic rings. The first-order chi connectivity index (χ1) is 32.7. The second kappa shape index (κ2) is 15.3. The fourth-order valence-electron chi connectivity index (χ4n) is 11.6. The highest BCUT2D eigenvalue weighted by atomic mass is 32.1. The third kappa shape index (κ3) is 5.59. The van der Waals surface area contributed by atoms with Gasteiger partial charge in [0.05, 0.1) is 16.5 Å². The molecule has 0 radical (unpaired) electrons. The first-order valence-corrected chi connectivity index (χ1v) is 23.7. The summed E-state index contributed by atoms with van der Waals surface area (Å²) in [5.74, 6) is 0. The van der Waals surface area contributed by atoms with Crippen LogP contribution in [0.2, 0.25) is 0 Å². The molecular formula is C64H43NS. The Kier molecular flexibility index (Phi) is 8.91. The van der Waals surface area contributed by atoms with E-state index in [1.165, 1.54) is 88.0 Å². The summed E-state index contributed by atoms with van der Waals surface area (Å²) in [7, 11) is 0. The zero-order valence-corrected chi connectivity index (χ0v) is 37.0. The number of rotatable bonds is 8. The highest BCUT2D eigenvalue weighted by Gasteiger charge is 2.48. The maximum atomic E-state index is 2.52. The summed E-state index contributed by atoms with van der Waals surface area (Å²) in [6.45, 7) is 0. The second-order valence-electron chi connectivity index (χ2n) is 17.5. The second-order valence-corrected chi connectivity index (χ2v) is 18.5. The van der Waals surface area contributed by atoms with Gasteiger partial charge in [-0.1, -0.05) is 212 Å². The Hall–Kier alpha value is -8.04. The number of anilines is 3. The topological polar surface area (TPSA) is 3.24 Å². The maximum absolute atomic E-state index is 2.52. The molecule has 1 aromatic heterocycles. The van der Waals surface area contributed by atoms with Crippen LogP contribution in [0.1, 0.15) is 44.5 Å². The van der Waals surface area contributed by atoms with Crippen LogP contribution in [0.25, 0.3) is 43.5 Å². The summed E-state index contributed by atoms with van der Waals surface area (Å²) in [6.07, 6.45) is 0. The Labute approximate surface area is 390 Å². The molecule has 2 heteroatoms. The van der Waals surface area contributed by atoms with Crippen molar-refractivity contribution in [3.8, 4) is 33.4 Å². The van der Waals surface area contributed by atoms with Crippen molar-refractivity contribution in [3.05, 3.63) is 305 Å². The van der Waals surface area contributed by atoms with E-state index in [9.17, 15) is 0 Å². The first-order valence-electron chi connectivity index (χ1n) is 22.8. The monoisotopic (exact) mass is 857 g/mol. The predicted molar refractivity (Wildman–Crippen MR) is 277 cm³/mol. The molecule has 0 spiro atoms. The van der Waals surface area contributed by atoms with Crippen molar-refractivity contribution >= 4 is 38.5 Å². The number of nitrogens with zero attached hydrogens (tertiary/aromatic N) is 1. The van der Waals surface area contributed by atoms with Crippen LogP contribution in [0.3, 0.4) is 0 Å². The Morgan fingerprint density at radius 3 is 1.42 bits per heavy atom. The van der Waals surface area contributed by atoms with Gasteiger partial charge in [0.25, 0.3) is 0 Å². The van der Waals surface area contributed by atoms with Crippen molar-refractivity contribution in [2.75, 3.05) is 4.90 Å². The quantitative estimate of drug-likeness (QED) is 0.147. The van der Waals surface area contributed by atoms with Crippen LogP contribution in [-0.4, -0.2) is 0 Å². The van der Waals surface area contributed by atoms with Crippen LogP contribution in [0.5, 0.6) is 0 Å². The van der Waals surface area contributed by atoms with Crippen molar-refractivity contribution in [1.82, 2.24) is 0 Å². The molecule has 10 aromatic carbocycles. The van der Waals surface area contributed by atoms with Gasteiger partial charge in [0, 0.05) is 21.6 Å². The molecule has 2 aliphatic carbocycles. The van der Waals surface area contributed by atoms with Crippen LogP contribution in [0.4, 0.5) is 17.1 Å². The molecule has 0 atom stereocenters. The van der Waals surface area contributed by atoms with E-state index < -0.39 is 10.8 Å². The standard InChI is InChI=1S/C64H43NS/c1-5-18-47(19-6-1)63(48-20-7-2-8-21-48)56-28-15-13-26-53(56)55-43-52(38-39-58(55)63)65(51-36-34-44(35-37-51)46-33-32-45-40-41-66-61(45)42-46)60-31-17-30-59-62(60)54-27-14-16-29-57(54)64(59,49-22-9-3-10-23-49)50-24-11-4-12-25-50/h1-43H. The smallest absolute Gasteiger partial charge is 0.0714 e. The molecule has 13 rings (SSSR count). The summed E-state index contributed by atoms with van der Waals surface area (Å²) in [5.41, 5.74) is 20.0. The Balaban J connectivity index is 1.08. The number of fused-ring (bicyclic) bond motifs is 7. The van der Waals surface area contributed by atoms with Gasteiger partial charge in [0.15, 0.2) is 0 Å². The van der Waals surface area contributed by atoms with Gasteiger partial charge in [-0.05, 0) is 126 Å². The average Bonchev–Trinajstić information content (AvgIpc) is 4.08. The van der Waals surface area contributed by atoms with Gasteiger partial charge in [-0.3, -0.25) is 0 Å². The van der Waals surface area contributed by atoms with E-state index in [4.69, 9.17) is 0 Å². The van der Waals surface area contributed by atoms with Crippen molar-refractivity contribution < 1.29 is 0 Å². The lowest BCUT2D eigenvalue weighted by Gasteiger charge is -2.35. The van der Waals surface area contributed by atoms with Gasteiger partial charge in [-0.25, -0.2) is 0 Å². The molecule has 0 saturated heterocycles. The Morgan fingerprint density at radius 2 is 0.803 bits per heavy atom. The number of benzene rings is 10. The first kappa shape index (κ1) is 38.4. The molecule has 310 valence electrons. The minimum Gasteiger partial charge on any atom is -0.310 e. The number of hydrogen-bond acceptors (Lipinski definition) is 2. The SMILES string of the molecule is c1ccc(C2(c3ccccc3)c3ccccc3-c3cc(N(c4ccc(-c5ccc6ccsc6c5)cc4)c4cccc5c4-c4ccccc4C5(c4ccccc4)c4ccccc4)ccc32)cc1. The zero-order valence-electron chi connectivity index (χ0n) is 36.2. The van der Waals surface area contributed by atoms with Gasteiger partial charge < -0.3 is 4.90 Å². The summed E-state index contributed by atoms with van der Waals surface area (Å²) in [5, 5.41) is 3.46. The number of hydrogen-bond donors (Lipinski definition) is 0. The fraction of sp³-hybridized carbons (Fsp3) is 0.0312. The Bertz CT molecular complexity index is 3490. The zero-order chi connectivity index (χ0) is 43.7. The minimum absolute atomic E-state index is 0.485. The molecule has 0 N–H and O–H groups in total. The predicted octanol–water partition coefficient (Wildman–Crippen LogP) is 16.8. The van der Waals surface area contributed by atoms with E-state index in [1.54, 1.807) is 11.3 Å². The van der Waals surface area contributed by atoms with Crippen LogP contribution >= 0.6 is 11.3 Å². The summed E-state index contributed by atoms with van der Waals surface area (Å²) < 4.78 is 1.30. The lowest BCUT2D eigenvalue weighted by atomic mass is 9.67. The van der Waals surface area contributed by atoms with Crippen molar-refractivity contribution in [3.63, 3.8) is 0 Å². The molecule has 0 aliphatic heterocycles. The van der Waals surface area contributed by atoms with Crippen molar-refractivity contribution in [2.45, 2.75) is 10.8 Å². The van der Waals surface area contributed by atoms with Gasteiger partial charge in [-0.2, -0.15) is 0 Å². The van der Waals surface area contributed by atoms with E-state index >= 15 is 0 Å². The van der Waals surface area contributed by atoms with Gasteiger partial charge >= 0.3 is 0 Å². The molecule has 0 fully saturated rings. The molecule has 66 heavy (non-hydrogen) atoms. The molecular weight excluding hydrogens is 815 g/mol. The number of thiophene rings is 1. The third-order valence-corrected chi connectivity index (χ3v) is 15.2. The third-order valence-electron chi connectivity index (χ3n) is 14.3. The fourth-order valence-corrected chi connectivity index (χ4v) is 12.4. The summed E-state index contributed by atoms with van der Waals surface area (Å²) in [6, 6.07) is 95.0. The lowest BCUT2D eigenvalue weighted by molar-refractivity contribution is 0.768. The largest absolute Gasteiger partial charge is 0.310 e. The molecule has 0 bridgehead atoms. The van der Waals surface area contributed by atoms with E-state index in [1.807, 2.05) is 0 Å². The van der Waals surface area contributed by atoms with E-state index in [2.05, 4.69) is 265 Å². The van der Waals surface area contributed by atoms with Crippen LogP contribution in [0, 0.1) is 0 Å². The van der Waals surface area contributed by atoms with Gasteiger partial charge in [0.2, 0.25) is 0 Å². The highest BCUT2D eigenvalue weighted by Crippen LogP contribution is 2.61. The molecule has 0 saturated carbocycles. The summed E-state index contributed by atoms with van der Waals surface area (Å²) in [4.78, 5) is 2.52. The van der Waals surface area contributed by atoms with Gasteiger partial charge in [-0.15, -0.1) is 11.3 Å². The van der Waals surface area contributed by atoms with E-state index in [-0.39, 0.29) is 0 Å². The lowest BCUT2D eigenvalue weighted by Crippen LogP contribution is -2.28. The molecule has 1 heterocycles. The van der Waals surface area contributed by atoms with Crippen LogP contribution in [0.15, 0.2) is 260 Å². The van der Waals surface area contributed by atoms with E-state index in [0.29, 0.717) is 0 Å². The van der Waals surface area contributed by atoms with Gasteiger partial charge in [0.1, 0.15) is 0 Å². The molecule has 2 aliphatic rings. The minimum atomic E-state index is -0.526.